The second-order valence-electron chi connectivity index (χ2n) is 3.55. The lowest BCUT2D eigenvalue weighted by Crippen LogP contribution is -2.08. The fraction of sp³-hybridized carbons (Fsp3) is 0.375. The Morgan fingerprint density at radius 3 is 2.80 bits per heavy atom. The molecular weight excluding hydrogens is 196 g/mol. The quantitative estimate of drug-likeness (QED) is 0.624. The van der Waals surface area contributed by atoms with E-state index in [0.29, 0.717) is 12.4 Å². The lowest BCUT2D eigenvalue weighted by molar-refractivity contribution is 0.322. The third-order valence-electron chi connectivity index (χ3n) is 2.35. The Balaban J connectivity index is 1.94. The van der Waals surface area contributed by atoms with Gasteiger partial charge < -0.3 is 4.74 Å². The lowest BCUT2D eigenvalue weighted by atomic mass is 10.1. The summed E-state index contributed by atoms with van der Waals surface area (Å²) < 4.78 is 6.71. The molecule has 0 bridgehead atoms. The van der Waals surface area contributed by atoms with E-state index in [2.05, 4.69) is 25.7 Å². The lowest BCUT2D eigenvalue weighted by Gasteiger charge is -2.03. The van der Waals surface area contributed by atoms with Crippen molar-refractivity contribution < 1.29 is 4.74 Å². The number of epoxide rings is 1. The third-order valence-corrected chi connectivity index (χ3v) is 2.35. The van der Waals surface area contributed by atoms with Crippen LogP contribution in [-0.4, -0.2) is 37.0 Å². The molecule has 1 fully saturated rings. The summed E-state index contributed by atoms with van der Waals surface area (Å²) in [5, 5.41) is 18.9. The van der Waals surface area contributed by atoms with Gasteiger partial charge in [0.15, 0.2) is 5.82 Å². The molecule has 0 radical (unpaired) electrons. The van der Waals surface area contributed by atoms with Gasteiger partial charge in [-0.1, -0.05) is 0 Å². The van der Waals surface area contributed by atoms with Gasteiger partial charge in [-0.15, -0.1) is 10.2 Å². The Hall–Kier alpha value is -1.89. The molecule has 15 heavy (non-hydrogen) atoms. The molecule has 0 aliphatic carbocycles. The Morgan fingerprint density at radius 1 is 1.40 bits per heavy atom. The molecule has 0 saturated carbocycles. The smallest absolute Gasteiger partial charge is 0.179 e. The highest BCUT2D eigenvalue weighted by Gasteiger charge is 2.43. The van der Waals surface area contributed by atoms with E-state index in [1.807, 2.05) is 19.1 Å². The standard InChI is InChI=1S/C8H8N6O/c1-8(4-15-8)6-2-3-7(11-10-6)14-5-9-12-13-14/h2-3,5H,4H2,1H3. The molecule has 1 unspecified atom stereocenters. The van der Waals surface area contributed by atoms with Crippen LogP contribution in [0.15, 0.2) is 18.5 Å². The number of tetrazole rings is 1. The summed E-state index contributed by atoms with van der Waals surface area (Å²) in [5.74, 6) is 0.591. The molecule has 2 aromatic heterocycles. The fourth-order valence-electron chi connectivity index (χ4n) is 1.25. The van der Waals surface area contributed by atoms with Crippen molar-refractivity contribution in [2.75, 3.05) is 6.61 Å². The summed E-state index contributed by atoms with van der Waals surface area (Å²) in [6.07, 6.45) is 1.47. The van der Waals surface area contributed by atoms with Crippen LogP contribution in [-0.2, 0) is 10.3 Å². The second-order valence-corrected chi connectivity index (χ2v) is 3.55. The van der Waals surface area contributed by atoms with E-state index >= 15 is 0 Å². The fourth-order valence-corrected chi connectivity index (χ4v) is 1.25. The molecule has 0 N–H and O–H groups in total. The number of hydrogen-bond donors (Lipinski definition) is 0. The summed E-state index contributed by atoms with van der Waals surface area (Å²) in [4.78, 5) is 0. The molecule has 3 heterocycles. The van der Waals surface area contributed by atoms with Crippen LogP contribution in [0.25, 0.3) is 5.82 Å². The highest BCUT2D eigenvalue weighted by atomic mass is 16.6. The van der Waals surface area contributed by atoms with Gasteiger partial charge in [-0.2, -0.15) is 9.78 Å². The highest BCUT2D eigenvalue weighted by molar-refractivity contribution is 5.23. The molecule has 7 heteroatoms. The molecule has 0 spiro atoms. The van der Waals surface area contributed by atoms with Gasteiger partial charge in [0, 0.05) is 0 Å². The maximum atomic E-state index is 5.26. The van der Waals surface area contributed by atoms with E-state index in [-0.39, 0.29) is 5.60 Å². The van der Waals surface area contributed by atoms with Gasteiger partial charge in [0.2, 0.25) is 0 Å². The molecule has 0 aromatic carbocycles. The zero-order valence-corrected chi connectivity index (χ0v) is 8.03. The minimum Gasteiger partial charge on any atom is -0.363 e. The number of aromatic nitrogens is 6. The first-order valence-electron chi connectivity index (χ1n) is 4.49. The summed E-state index contributed by atoms with van der Waals surface area (Å²) >= 11 is 0. The average molecular weight is 204 g/mol. The van der Waals surface area contributed by atoms with E-state index in [1.54, 1.807) is 0 Å². The second kappa shape index (κ2) is 2.80. The van der Waals surface area contributed by atoms with Gasteiger partial charge in [0.25, 0.3) is 0 Å². The SMILES string of the molecule is CC1(c2ccc(-n3cnnn3)nn2)CO1. The van der Waals surface area contributed by atoms with Crippen LogP contribution in [0.2, 0.25) is 0 Å². The van der Waals surface area contributed by atoms with E-state index in [0.717, 1.165) is 5.69 Å². The first kappa shape index (κ1) is 8.42. The van der Waals surface area contributed by atoms with E-state index in [4.69, 9.17) is 4.74 Å². The topological polar surface area (TPSA) is 81.9 Å². The summed E-state index contributed by atoms with van der Waals surface area (Å²) in [6.45, 7) is 2.68. The van der Waals surface area contributed by atoms with Crippen LogP contribution < -0.4 is 0 Å². The van der Waals surface area contributed by atoms with Crippen LogP contribution in [0.1, 0.15) is 12.6 Å². The van der Waals surface area contributed by atoms with Gasteiger partial charge >= 0.3 is 0 Å². The van der Waals surface area contributed by atoms with E-state index in [9.17, 15) is 0 Å². The molecule has 2 aromatic rings. The number of rotatable bonds is 2. The molecule has 76 valence electrons. The third kappa shape index (κ3) is 1.37. The Morgan fingerprint density at radius 2 is 2.27 bits per heavy atom. The Labute approximate surface area is 85.1 Å². The van der Waals surface area contributed by atoms with Crippen LogP contribution in [0.5, 0.6) is 0 Å². The van der Waals surface area contributed by atoms with Crippen LogP contribution in [0, 0.1) is 0 Å². The van der Waals surface area contributed by atoms with Crippen LogP contribution >= 0.6 is 0 Å². The maximum Gasteiger partial charge on any atom is 0.179 e. The zero-order valence-electron chi connectivity index (χ0n) is 8.03. The summed E-state index contributed by atoms with van der Waals surface area (Å²) in [5.41, 5.74) is 0.589. The minimum atomic E-state index is -0.244. The largest absolute Gasteiger partial charge is 0.363 e. The molecule has 1 saturated heterocycles. The average Bonchev–Trinajstić information content (AvgIpc) is 2.84. The molecule has 1 aliphatic heterocycles. The molecular formula is C8H8N6O. The Bertz CT molecular complexity index is 460. The van der Waals surface area contributed by atoms with Gasteiger partial charge in [-0.05, 0) is 29.5 Å². The first-order valence-corrected chi connectivity index (χ1v) is 4.49. The van der Waals surface area contributed by atoms with Crippen molar-refractivity contribution in [2.24, 2.45) is 0 Å². The van der Waals surface area contributed by atoms with Gasteiger partial charge in [0.1, 0.15) is 11.9 Å². The molecule has 1 atom stereocenters. The van der Waals surface area contributed by atoms with Gasteiger partial charge in [-0.25, -0.2) is 0 Å². The molecule has 1 aliphatic rings. The first-order chi connectivity index (χ1) is 7.28. The normalized spacial score (nSPS) is 24.1. The zero-order chi connectivity index (χ0) is 10.3. The molecule has 7 nitrogen and oxygen atoms in total. The Kier molecular flexibility index (Phi) is 1.57. The van der Waals surface area contributed by atoms with Crippen LogP contribution in [0.4, 0.5) is 0 Å². The van der Waals surface area contributed by atoms with Crippen molar-refractivity contribution in [2.45, 2.75) is 12.5 Å². The van der Waals surface area contributed by atoms with Gasteiger partial charge in [0.05, 0.1) is 12.3 Å². The summed E-state index contributed by atoms with van der Waals surface area (Å²) in [7, 11) is 0. The molecule has 0 amide bonds. The predicted octanol–water partition coefficient (Wildman–Crippen LogP) is -0.302. The van der Waals surface area contributed by atoms with Gasteiger partial charge in [-0.3, -0.25) is 0 Å². The monoisotopic (exact) mass is 204 g/mol. The summed E-state index contributed by atoms with van der Waals surface area (Å²) in [6, 6.07) is 3.68. The number of ether oxygens (including phenoxy) is 1. The van der Waals surface area contributed by atoms with Crippen LogP contribution in [0.3, 0.4) is 0 Å². The van der Waals surface area contributed by atoms with Crippen molar-refractivity contribution in [3.05, 3.63) is 24.2 Å². The van der Waals surface area contributed by atoms with Crippen molar-refractivity contribution in [1.82, 2.24) is 30.4 Å². The highest BCUT2D eigenvalue weighted by Crippen LogP contribution is 2.36. The van der Waals surface area contributed by atoms with E-state index in [1.165, 1.54) is 11.0 Å². The van der Waals surface area contributed by atoms with Crippen molar-refractivity contribution in [3.8, 4) is 5.82 Å². The molecule has 3 rings (SSSR count). The van der Waals surface area contributed by atoms with E-state index < -0.39 is 0 Å². The van der Waals surface area contributed by atoms with Crippen molar-refractivity contribution >= 4 is 0 Å². The van der Waals surface area contributed by atoms with Crippen molar-refractivity contribution in [3.63, 3.8) is 0 Å². The van der Waals surface area contributed by atoms with Crippen molar-refractivity contribution in [1.29, 1.82) is 0 Å². The predicted molar refractivity (Wildman–Crippen MR) is 48.0 cm³/mol. The number of nitrogens with zero attached hydrogens (tertiary/aromatic N) is 6. The maximum absolute atomic E-state index is 5.26. The number of hydrogen-bond acceptors (Lipinski definition) is 6. The minimum absolute atomic E-state index is 0.244.